The van der Waals surface area contributed by atoms with Crippen LogP contribution in [0.4, 0.5) is 0 Å². The van der Waals surface area contributed by atoms with E-state index in [9.17, 15) is 9.90 Å². The van der Waals surface area contributed by atoms with Crippen LogP contribution < -0.4 is 9.47 Å². The first-order chi connectivity index (χ1) is 12.0. The highest BCUT2D eigenvalue weighted by Gasteiger charge is 2.32. The summed E-state index contributed by atoms with van der Waals surface area (Å²) in [6.07, 6.45) is -0.240. The zero-order chi connectivity index (χ0) is 18.8. The first-order valence-corrected chi connectivity index (χ1v) is 8.60. The molecule has 0 fully saturated rings. The van der Waals surface area contributed by atoms with Crippen molar-refractivity contribution in [2.24, 2.45) is 11.8 Å². The summed E-state index contributed by atoms with van der Waals surface area (Å²) >= 11 is 0. The van der Waals surface area contributed by atoms with Gasteiger partial charge in [0, 0.05) is 20.1 Å². The maximum absolute atomic E-state index is 12.2. The van der Waals surface area contributed by atoms with Gasteiger partial charge in [-0.3, -0.25) is 4.79 Å². The van der Waals surface area contributed by atoms with Crippen LogP contribution in [0.25, 0.3) is 0 Å². The lowest BCUT2D eigenvalue weighted by molar-refractivity contribution is -0.154. The monoisotopic (exact) mass is 354 g/mol. The second-order valence-corrected chi connectivity index (χ2v) is 6.07. The fourth-order valence-corrected chi connectivity index (χ4v) is 2.59. The van der Waals surface area contributed by atoms with Crippen LogP contribution in [0.1, 0.15) is 38.9 Å². The molecule has 0 aromatic heterocycles. The Morgan fingerprint density at radius 2 is 1.88 bits per heavy atom. The van der Waals surface area contributed by atoms with E-state index in [0.717, 1.165) is 6.42 Å². The molecule has 0 bridgehead atoms. The topological polar surface area (TPSA) is 74.2 Å². The molecule has 0 heterocycles. The highest BCUT2D eigenvalue weighted by Crippen LogP contribution is 2.35. The fourth-order valence-electron chi connectivity index (χ4n) is 2.59. The molecule has 6 heteroatoms. The molecule has 0 saturated carbocycles. The normalized spacial score (nSPS) is 13.4. The third-order valence-corrected chi connectivity index (χ3v) is 3.90. The Bertz CT molecular complexity index is 529. The first kappa shape index (κ1) is 21.3. The lowest BCUT2D eigenvalue weighted by atomic mass is 9.86. The molecule has 0 saturated heterocycles. The van der Waals surface area contributed by atoms with Crippen molar-refractivity contribution < 1.29 is 28.8 Å². The summed E-state index contributed by atoms with van der Waals surface area (Å²) in [5.74, 6) is -0.00703. The fraction of sp³-hybridized carbons (Fsp3) is 0.632. The Morgan fingerprint density at radius 3 is 2.44 bits per heavy atom. The molecular formula is C19H30O6. The number of aliphatic hydroxyl groups excluding tert-OH is 1. The van der Waals surface area contributed by atoms with Crippen molar-refractivity contribution in [3.8, 4) is 11.5 Å². The summed E-state index contributed by atoms with van der Waals surface area (Å²) in [6.45, 7) is 6.87. The van der Waals surface area contributed by atoms with Crippen LogP contribution in [-0.4, -0.2) is 45.1 Å². The van der Waals surface area contributed by atoms with Crippen LogP contribution >= 0.6 is 0 Å². The van der Waals surface area contributed by atoms with Crippen molar-refractivity contribution in [1.82, 2.24) is 0 Å². The van der Waals surface area contributed by atoms with Crippen molar-refractivity contribution in [3.63, 3.8) is 0 Å². The molecule has 0 radical (unpaired) electrons. The number of aliphatic hydroxyl groups is 1. The van der Waals surface area contributed by atoms with E-state index in [1.165, 1.54) is 0 Å². The summed E-state index contributed by atoms with van der Waals surface area (Å²) < 4.78 is 21.1. The van der Waals surface area contributed by atoms with Crippen molar-refractivity contribution in [2.45, 2.75) is 33.3 Å². The second kappa shape index (κ2) is 10.9. The van der Waals surface area contributed by atoms with Crippen molar-refractivity contribution >= 4 is 5.97 Å². The lowest BCUT2D eigenvalue weighted by Crippen LogP contribution is -2.29. The van der Waals surface area contributed by atoms with Gasteiger partial charge in [0.05, 0.1) is 32.3 Å². The van der Waals surface area contributed by atoms with Gasteiger partial charge in [-0.2, -0.15) is 0 Å². The minimum absolute atomic E-state index is 0.0674. The number of rotatable bonds is 11. The molecule has 1 rings (SSSR count). The number of hydrogen-bond acceptors (Lipinski definition) is 6. The van der Waals surface area contributed by atoms with E-state index < -0.39 is 18.0 Å². The van der Waals surface area contributed by atoms with Gasteiger partial charge in [-0.05, 0) is 30.5 Å². The highest BCUT2D eigenvalue weighted by molar-refractivity contribution is 5.73. The number of hydrogen-bond donors (Lipinski definition) is 1. The number of carbonyl (C=O) groups excluding carboxylic acids is 1. The van der Waals surface area contributed by atoms with Gasteiger partial charge in [-0.1, -0.05) is 19.9 Å². The molecule has 1 N–H and O–H groups in total. The Hall–Kier alpha value is -1.79. The molecule has 25 heavy (non-hydrogen) atoms. The van der Waals surface area contributed by atoms with E-state index in [1.54, 1.807) is 39.3 Å². The molecular weight excluding hydrogens is 324 g/mol. The lowest BCUT2D eigenvalue weighted by Gasteiger charge is -2.25. The highest BCUT2D eigenvalue weighted by atomic mass is 16.5. The quantitative estimate of drug-likeness (QED) is 0.486. The van der Waals surface area contributed by atoms with E-state index >= 15 is 0 Å². The van der Waals surface area contributed by atoms with Crippen molar-refractivity contribution in [3.05, 3.63) is 23.8 Å². The number of benzene rings is 1. The number of methoxy groups -OCH3 is 2. The van der Waals surface area contributed by atoms with Gasteiger partial charge in [0.15, 0.2) is 11.5 Å². The third kappa shape index (κ3) is 6.21. The Kier molecular flexibility index (Phi) is 9.31. The molecule has 2 atom stereocenters. The SMILES string of the molecule is CCOC(=O)[C@H](C(C)C)[C@H](O)c1ccc(OC)c(OCCCOC)c1. The standard InChI is InChI=1S/C19H30O6/c1-6-24-19(21)17(13(2)3)18(20)14-8-9-15(23-5)16(12-14)25-11-7-10-22-4/h8-9,12-13,17-18,20H,6-7,10-11H2,1-5H3/t17-,18-/m1/s1. The zero-order valence-electron chi connectivity index (χ0n) is 15.8. The number of ether oxygens (including phenoxy) is 4. The van der Waals surface area contributed by atoms with E-state index in [1.807, 2.05) is 13.8 Å². The van der Waals surface area contributed by atoms with Gasteiger partial charge in [0.1, 0.15) is 0 Å². The van der Waals surface area contributed by atoms with Crippen molar-refractivity contribution in [2.75, 3.05) is 34.0 Å². The third-order valence-electron chi connectivity index (χ3n) is 3.90. The molecule has 0 amide bonds. The van der Waals surface area contributed by atoms with Crippen LogP contribution in [-0.2, 0) is 14.3 Å². The smallest absolute Gasteiger partial charge is 0.312 e. The van der Waals surface area contributed by atoms with Gasteiger partial charge < -0.3 is 24.1 Å². The average Bonchev–Trinajstić information content (AvgIpc) is 2.58. The van der Waals surface area contributed by atoms with Gasteiger partial charge in [0.25, 0.3) is 0 Å². The van der Waals surface area contributed by atoms with E-state index in [-0.39, 0.29) is 12.5 Å². The van der Waals surface area contributed by atoms with Crippen LogP contribution in [0.15, 0.2) is 18.2 Å². The van der Waals surface area contributed by atoms with Crippen LogP contribution in [0.2, 0.25) is 0 Å². The Labute approximate surface area is 150 Å². The van der Waals surface area contributed by atoms with E-state index in [4.69, 9.17) is 18.9 Å². The maximum atomic E-state index is 12.2. The molecule has 0 aliphatic heterocycles. The predicted octanol–water partition coefficient (Wildman–Crippen LogP) is 2.98. The second-order valence-electron chi connectivity index (χ2n) is 6.07. The maximum Gasteiger partial charge on any atom is 0.312 e. The summed E-state index contributed by atoms with van der Waals surface area (Å²) in [5.41, 5.74) is 0.592. The van der Waals surface area contributed by atoms with Gasteiger partial charge in [-0.25, -0.2) is 0 Å². The summed E-state index contributed by atoms with van der Waals surface area (Å²) in [7, 11) is 3.20. The molecule has 1 aromatic rings. The molecule has 0 unspecified atom stereocenters. The molecule has 6 nitrogen and oxygen atoms in total. The molecule has 0 aliphatic rings. The largest absolute Gasteiger partial charge is 0.493 e. The zero-order valence-corrected chi connectivity index (χ0v) is 15.8. The summed E-state index contributed by atoms with van der Waals surface area (Å²) in [5, 5.41) is 10.7. The van der Waals surface area contributed by atoms with Crippen LogP contribution in [0.3, 0.4) is 0 Å². The predicted molar refractivity (Wildman–Crippen MR) is 94.9 cm³/mol. The van der Waals surface area contributed by atoms with Gasteiger partial charge >= 0.3 is 5.97 Å². The molecule has 142 valence electrons. The van der Waals surface area contributed by atoms with E-state index in [2.05, 4.69) is 0 Å². The van der Waals surface area contributed by atoms with Gasteiger partial charge in [0.2, 0.25) is 0 Å². The first-order valence-electron chi connectivity index (χ1n) is 8.60. The van der Waals surface area contributed by atoms with Crippen molar-refractivity contribution in [1.29, 1.82) is 0 Å². The number of carbonyl (C=O) groups is 1. The Balaban J connectivity index is 2.99. The molecule has 0 aliphatic carbocycles. The summed E-state index contributed by atoms with van der Waals surface area (Å²) in [6, 6.07) is 5.18. The minimum atomic E-state index is -0.980. The molecule has 1 aromatic carbocycles. The van der Waals surface area contributed by atoms with Gasteiger partial charge in [-0.15, -0.1) is 0 Å². The Morgan fingerprint density at radius 1 is 1.16 bits per heavy atom. The van der Waals surface area contributed by atoms with Crippen LogP contribution in [0.5, 0.6) is 11.5 Å². The number of esters is 1. The summed E-state index contributed by atoms with van der Waals surface area (Å²) in [4.78, 5) is 12.2. The molecule has 0 spiro atoms. The minimum Gasteiger partial charge on any atom is -0.493 e. The van der Waals surface area contributed by atoms with Crippen LogP contribution in [0, 0.1) is 11.8 Å². The van der Waals surface area contributed by atoms with E-state index in [0.29, 0.717) is 30.3 Å². The average molecular weight is 354 g/mol.